The van der Waals surface area contributed by atoms with Crippen molar-refractivity contribution in [1.29, 1.82) is 5.26 Å². The van der Waals surface area contributed by atoms with Crippen LogP contribution >= 0.6 is 0 Å². The summed E-state index contributed by atoms with van der Waals surface area (Å²) in [4.78, 5) is 26.2. The first kappa shape index (κ1) is 22.7. The van der Waals surface area contributed by atoms with Crippen LogP contribution in [0, 0.1) is 11.3 Å². The number of benzene rings is 1. The minimum atomic E-state index is -0.318. The van der Waals surface area contributed by atoms with Crippen molar-refractivity contribution in [2.24, 2.45) is 7.05 Å². The van der Waals surface area contributed by atoms with Crippen molar-refractivity contribution in [3.63, 3.8) is 0 Å². The van der Waals surface area contributed by atoms with Crippen LogP contribution in [0.25, 0.3) is 11.0 Å². The van der Waals surface area contributed by atoms with E-state index in [4.69, 9.17) is 4.74 Å². The molecule has 0 N–H and O–H groups in total. The number of ether oxygens (including phenoxy) is 1. The Morgan fingerprint density at radius 3 is 2.55 bits per heavy atom. The number of hydrogen-bond donors (Lipinski definition) is 0. The highest BCUT2D eigenvalue weighted by Gasteiger charge is 2.33. The molecule has 0 bridgehead atoms. The Morgan fingerprint density at radius 2 is 1.88 bits per heavy atom. The van der Waals surface area contributed by atoms with Crippen LogP contribution in [-0.4, -0.2) is 51.2 Å². The normalized spacial score (nSPS) is 18.9. The predicted molar refractivity (Wildman–Crippen MR) is 128 cm³/mol. The number of aromatic nitrogens is 3. The molecule has 0 amide bonds. The summed E-state index contributed by atoms with van der Waals surface area (Å²) < 4.78 is 7.05. The number of anilines is 1. The molecule has 4 rings (SSSR count). The Labute approximate surface area is 194 Å². The van der Waals surface area contributed by atoms with E-state index in [1.807, 2.05) is 19.1 Å². The van der Waals surface area contributed by atoms with Crippen molar-refractivity contribution in [1.82, 2.24) is 19.4 Å². The molecule has 172 valence electrons. The summed E-state index contributed by atoms with van der Waals surface area (Å²) in [7, 11) is 1.68. The van der Waals surface area contributed by atoms with Gasteiger partial charge < -0.3 is 9.64 Å². The monoisotopic (exact) mass is 446 g/mol. The van der Waals surface area contributed by atoms with Gasteiger partial charge in [-0.05, 0) is 50.1 Å². The number of rotatable bonds is 6. The molecule has 33 heavy (non-hydrogen) atoms. The van der Waals surface area contributed by atoms with Crippen LogP contribution in [0.15, 0.2) is 41.2 Å². The van der Waals surface area contributed by atoms with Crippen molar-refractivity contribution < 1.29 is 4.74 Å². The maximum Gasteiger partial charge on any atom is 0.349 e. The molecule has 0 radical (unpaired) electrons. The third-order valence-corrected chi connectivity index (χ3v) is 6.37. The van der Waals surface area contributed by atoms with Gasteiger partial charge in [-0.25, -0.2) is 9.78 Å². The molecule has 8 heteroatoms. The molecule has 3 heterocycles. The molecule has 8 nitrogen and oxygen atoms in total. The average Bonchev–Trinajstić information content (AvgIpc) is 2.83. The topological polar surface area (TPSA) is 87.3 Å². The lowest BCUT2D eigenvalue weighted by molar-refractivity contribution is 0.142. The molecule has 1 saturated heterocycles. The van der Waals surface area contributed by atoms with Gasteiger partial charge in [0.05, 0.1) is 12.1 Å². The number of piperazine rings is 1. The lowest BCUT2D eigenvalue weighted by atomic mass is 10.0. The van der Waals surface area contributed by atoms with E-state index in [2.05, 4.69) is 51.8 Å². The number of pyridine rings is 1. The number of hydrogen-bond acceptors (Lipinski definition) is 7. The van der Waals surface area contributed by atoms with Gasteiger partial charge in [0.25, 0.3) is 0 Å². The Bertz CT molecular complexity index is 1230. The highest BCUT2D eigenvalue weighted by atomic mass is 16.5. The van der Waals surface area contributed by atoms with Gasteiger partial charge in [-0.3, -0.25) is 9.47 Å². The summed E-state index contributed by atoms with van der Waals surface area (Å²) in [6.45, 7) is 9.40. The van der Waals surface area contributed by atoms with Crippen molar-refractivity contribution in [3.8, 4) is 11.8 Å². The van der Waals surface area contributed by atoms with E-state index >= 15 is 0 Å². The second kappa shape index (κ2) is 9.59. The van der Waals surface area contributed by atoms with E-state index in [1.165, 1.54) is 10.1 Å². The third-order valence-electron chi connectivity index (χ3n) is 6.37. The zero-order chi connectivity index (χ0) is 23.5. The maximum atomic E-state index is 12.6. The number of aryl methyl sites for hydroxylation is 1. The standard InChI is InChI=1S/C25H30N6O2/c1-5-20-16-31(17(3)14-30(20)15-18-7-10-21(11-8-18)33-6-2)24-23-22(29(4)25(32)28-24)12-9-19(13-26)27-23/h7-12,17,20H,5-6,14-16H2,1-4H3/t17-,20+/m0/s1. The molecule has 0 aliphatic carbocycles. The average molecular weight is 447 g/mol. The lowest BCUT2D eigenvalue weighted by Crippen LogP contribution is -2.57. The Kier molecular flexibility index (Phi) is 6.61. The van der Waals surface area contributed by atoms with E-state index in [1.54, 1.807) is 19.2 Å². The SMILES string of the molecule is CCOc1ccc(CN2C[C@H](C)N(c3nc(=O)n(C)c4ccc(C#N)nc34)C[C@H]2CC)cc1. The first-order valence-corrected chi connectivity index (χ1v) is 11.4. The fraction of sp³-hybridized carbons (Fsp3) is 0.440. The summed E-state index contributed by atoms with van der Waals surface area (Å²) in [5, 5.41) is 9.35. The molecule has 1 aliphatic heterocycles. The lowest BCUT2D eigenvalue weighted by Gasteiger charge is -2.46. The molecule has 1 aliphatic rings. The zero-order valence-corrected chi connectivity index (χ0v) is 19.7. The van der Waals surface area contributed by atoms with E-state index in [0.29, 0.717) is 35.2 Å². The molecular weight excluding hydrogens is 416 g/mol. The third kappa shape index (κ3) is 4.55. The molecule has 2 aromatic heterocycles. The van der Waals surface area contributed by atoms with Gasteiger partial charge in [0.1, 0.15) is 23.0 Å². The van der Waals surface area contributed by atoms with Crippen molar-refractivity contribution in [2.75, 3.05) is 24.6 Å². The smallest absolute Gasteiger partial charge is 0.349 e. The minimum Gasteiger partial charge on any atom is -0.494 e. The van der Waals surface area contributed by atoms with Crippen molar-refractivity contribution in [3.05, 3.63) is 58.1 Å². The molecule has 0 saturated carbocycles. The second-order valence-electron chi connectivity index (χ2n) is 8.52. The van der Waals surface area contributed by atoms with E-state index in [9.17, 15) is 10.1 Å². The maximum absolute atomic E-state index is 12.6. The van der Waals surface area contributed by atoms with Gasteiger partial charge in [0, 0.05) is 38.8 Å². The molecular formula is C25H30N6O2. The minimum absolute atomic E-state index is 0.130. The van der Waals surface area contributed by atoms with Crippen LogP contribution < -0.4 is 15.3 Å². The van der Waals surface area contributed by atoms with E-state index in [-0.39, 0.29) is 11.7 Å². The molecule has 1 fully saturated rings. The van der Waals surface area contributed by atoms with Gasteiger partial charge >= 0.3 is 5.69 Å². The van der Waals surface area contributed by atoms with Crippen LogP contribution in [0.4, 0.5) is 5.82 Å². The van der Waals surface area contributed by atoms with Crippen LogP contribution in [0.3, 0.4) is 0 Å². The highest BCUT2D eigenvalue weighted by Crippen LogP contribution is 2.28. The van der Waals surface area contributed by atoms with Gasteiger partial charge in [0.2, 0.25) is 0 Å². The van der Waals surface area contributed by atoms with E-state index < -0.39 is 0 Å². The van der Waals surface area contributed by atoms with E-state index in [0.717, 1.165) is 31.8 Å². The van der Waals surface area contributed by atoms with Crippen LogP contribution in [-0.2, 0) is 13.6 Å². The van der Waals surface area contributed by atoms with Crippen LogP contribution in [0.2, 0.25) is 0 Å². The van der Waals surface area contributed by atoms with Crippen LogP contribution in [0.1, 0.15) is 38.4 Å². The Hall–Kier alpha value is -3.44. The molecule has 2 atom stereocenters. The summed E-state index contributed by atoms with van der Waals surface area (Å²) in [6.07, 6.45) is 0.972. The largest absolute Gasteiger partial charge is 0.494 e. The molecule has 1 aromatic carbocycles. The van der Waals surface area contributed by atoms with Crippen molar-refractivity contribution >= 4 is 16.9 Å². The number of fused-ring (bicyclic) bond motifs is 1. The Balaban J connectivity index is 1.63. The van der Waals surface area contributed by atoms with Gasteiger partial charge in [-0.2, -0.15) is 10.2 Å². The fourth-order valence-electron chi connectivity index (χ4n) is 4.55. The van der Waals surface area contributed by atoms with Crippen LogP contribution in [0.5, 0.6) is 5.75 Å². The number of nitrogens with zero attached hydrogens (tertiary/aromatic N) is 6. The van der Waals surface area contributed by atoms with Crippen molar-refractivity contribution in [2.45, 2.75) is 45.8 Å². The fourth-order valence-corrected chi connectivity index (χ4v) is 4.55. The summed E-state index contributed by atoms with van der Waals surface area (Å²) in [5.41, 5.74) is 2.52. The predicted octanol–water partition coefficient (Wildman–Crippen LogP) is 3.09. The first-order valence-electron chi connectivity index (χ1n) is 11.4. The van der Waals surface area contributed by atoms with Gasteiger partial charge in [-0.15, -0.1) is 0 Å². The number of nitriles is 1. The second-order valence-corrected chi connectivity index (χ2v) is 8.52. The zero-order valence-electron chi connectivity index (χ0n) is 19.7. The quantitative estimate of drug-likeness (QED) is 0.575. The van der Waals surface area contributed by atoms with Gasteiger partial charge in [-0.1, -0.05) is 19.1 Å². The molecule has 3 aromatic rings. The first-order chi connectivity index (χ1) is 15.9. The molecule has 0 spiro atoms. The summed E-state index contributed by atoms with van der Waals surface area (Å²) in [5.74, 6) is 1.45. The van der Waals surface area contributed by atoms with Gasteiger partial charge in [0.15, 0.2) is 5.82 Å². The Morgan fingerprint density at radius 1 is 1.12 bits per heavy atom. The summed E-state index contributed by atoms with van der Waals surface area (Å²) >= 11 is 0. The molecule has 0 unspecified atom stereocenters. The highest BCUT2D eigenvalue weighted by molar-refractivity contribution is 5.86. The summed E-state index contributed by atoms with van der Waals surface area (Å²) in [6, 6.07) is 14.2.